The molecule has 4 N–H and O–H groups in total. The van der Waals surface area contributed by atoms with Crippen molar-refractivity contribution >= 4 is 35.4 Å². The van der Waals surface area contributed by atoms with Crippen LogP contribution in [0.3, 0.4) is 0 Å². The zero-order chi connectivity index (χ0) is 24.5. The summed E-state index contributed by atoms with van der Waals surface area (Å²) in [5.41, 5.74) is 0. The fraction of sp³-hybridized carbons (Fsp3) is 0.852. The molecular weight excluding hydrogens is 474 g/mol. The van der Waals surface area contributed by atoms with E-state index in [9.17, 15) is 4.79 Å². The molecule has 2 heterocycles. The lowest BCUT2D eigenvalue weighted by molar-refractivity contribution is -0.125. The first kappa shape index (κ1) is 27.2. The topological polar surface area (TPSA) is 77.5 Å². The number of amides is 1. The summed E-state index contributed by atoms with van der Waals surface area (Å²) in [6.45, 7) is 6.29. The minimum absolute atomic E-state index is 0.109. The largest absolute Gasteiger partial charge is 0.354 e. The quantitative estimate of drug-likeness (QED) is 0.314. The van der Waals surface area contributed by atoms with Gasteiger partial charge in [0.05, 0.1) is 6.17 Å². The van der Waals surface area contributed by atoms with Crippen LogP contribution in [0.1, 0.15) is 84.5 Å². The Hall–Kier alpha value is -0.860. The van der Waals surface area contributed by atoms with Crippen LogP contribution in [0.2, 0.25) is 0 Å². The molecule has 2 aliphatic heterocycles. The molecule has 0 aromatic rings. The van der Waals surface area contributed by atoms with Gasteiger partial charge in [0.2, 0.25) is 5.91 Å². The molecule has 2 saturated carbocycles. The highest BCUT2D eigenvalue weighted by Gasteiger charge is 2.31. The van der Waals surface area contributed by atoms with Crippen LogP contribution in [0, 0.1) is 11.8 Å². The highest BCUT2D eigenvalue weighted by molar-refractivity contribution is 8.03. The maximum atomic E-state index is 12.8. The SMILES string of the molecule is CCCCSC1CC(NC2CCN=C(NC3CCCC(C(=O)NCC4=CCCS4)C3)N2)CCC1C. The van der Waals surface area contributed by atoms with Gasteiger partial charge in [-0.1, -0.05) is 32.8 Å². The van der Waals surface area contributed by atoms with Crippen LogP contribution >= 0.6 is 23.5 Å². The second kappa shape index (κ2) is 14.2. The zero-order valence-corrected chi connectivity index (χ0v) is 23.5. The molecule has 4 rings (SSSR count). The molecule has 2 aliphatic carbocycles. The first-order chi connectivity index (χ1) is 17.1. The number of nitrogens with one attached hydrogen (secondary N) is 4. The Bertz CT molecular complexity index is 745. The van der Waals surface area contributed by atoms with Gasteiger partial charge in [-0.3, -0.25) is 15.1 Å². The molecule has 0 aromatic heterocycles. The summed E-state index contributed by atoms with van der Waals surface area (Å²) >= 11 is 4.07. The number of hydrogen-bond acceptors (Lipinski definition) is 7. The standard InChI is InChI=1S/C27H47N5OS2/c1-3-4-14-35-24-17-22(11-10-19(24)2)30-25-12-13-28-27(32-25)31-21-8-5-7-20(16-21)26(33)29-18-23-9-6-15-34-23/h9,19-22,24-25,30H,3-8,10-18H2,1-2H3,(H,29,33)(H2,28,31,32). The minimum Gasteiger partial charge on any atom is -0.354 e. The zero-order valence-electron chi connectivity index (χ0n) is 21.8. The van der Waals surface area contributed by atoms with Crippen molar-refractivity contribution in [2.75, 3.05) is 24.6 Å². The number of hydrogen-bond donors (Lipinski definition) is 4. The fourth-order valence-corrected chi connectivity index (χ4v) is 8.29. The van der Waals surface area contributed by atoms with Crippen LogP contribution in [-0.4, -0.2) is 60.0 Å². The van der Waals surface area contributed by atoms with E-state index in [4.69, 9.17) is 4.99 Å². The molecule has 8 heteroatoms. The summed E-state index contributed by atoms with van der Waals surface area (Å²) in [4.78, 5) is 18.8. The lowest BCUT2D eigenvalue weighted by Gasteiger charge is -2.38. The van der Waals surface area contributed by atoms with Crippen molar-refractivity contribution in [2.24, 2.45) is 16.8 Å². The van der Waals surface area contributed by atoms with E-state index in [2.05, 4.69) is 53.0 Å². The van der Waals surface area contributed by atoms with Gasteiger partial charge in [-0.15, -0.1) is 11.8 Å². The molecule has 1 amide bonds. The van der Waals surface area contributed by atoms with Crippen LogP contribution in [0.15, 0.2) is 16.0 Å². The van der Waals surface area contributed by atoms with Crippen molar-refractivity contribution in [1.29, 1.82) is 0 Å². The van der Waals surface area contributed by atoms with Crippen molar-refractivity contribution in [3.8, 4) is 0 Å². The fourth-order valence-electron chi connectivity index (χ4n) is 5.79. The van der Waals surface area contributed by atoms with Gasteiger partial charge in [-0.05, 0) is 63.0 Å². The van der Waals surface area contributed by atoms with Gasteiger partial charge in [-0.2, -0.15) is 11.8 Å². The summed E-state index contributed by atoms with van der Waals surface area (Å²) in [6.07, 6.45) is 15.3. The number of nitrogens with zero attached hydrogens (tertiary/aromatic N) is 1. The van der Waals surface area contributed by atoms with Gasteiger partial charge in [0.25, 0.3) is 0 Å². The maximum Gasteiger partial charge on any atom is 0.223 e. The van der Waals surface area contributed by atoms with E-state index in [1.165, 1.54) is 42.8 Å². The summed E-state index contributed by atoms with van der Waals surface area (Å²) in [5, 5.41) is 15.2. The molecule has 4 aliphatic rings. The summed E-state index contributed by atoms with van der Waals surface area (Å²) in [5.74, 6) is 4.55. The number of carbonyl (C=O) groups is 1. The van der Waals surface area contributed by atoms with Crippen LogP contribution < -0.4 is 21.3 Å². The van der Waals surface area contributed by atoms with E-state index in [0.717, 1.165) is 67.9 Å². The predicted octanol–water partition coefficient (Wildman–Crippen LogP) is 4.63. The molecule has 0 spiro atoms. The molecule has 6 atom stereocenters. The van der Waals surface area contributed by atoms with Crippen molar-refractivity contribution in [3.05, 3.63) is 11.0 Å². The number of aliphatic imine (C=N–C) groups is 1. The molecule has 2 fully saturated rings. The third kappa shape index (κ3) is 8.60. The average molecular weight is 522 g/mol. The van der Waals surface area contributed by atoms with Gasteiger partial charge in [-0.25, -0.2) is 0 Å². The number of thioether (sulfide) groups is 2. The molecule has 0 aromatic carbocycles. The first-order valence-corrected chi connectivity index (χ1v) is 16.2. The van der Waals surface area contributed by atoms with E-state index in [1.54, 1.807) is 0 Å². The van der Waals surface area contributed by atoms with Gasteiger partial charge < -0.3 is 16.0 Å². The van der Waals surface area contributed by atoms with Crippen molar-refractivity contribution < 1.29 is 4.79 Å². The third-order valence-electron chi connectivity index (χ3n) is 7.99. The monoisotopic (exact) mass is 521 g/mol. The third-order valence-corrected chi connectivity index (χ3v) is 10.7. The molecular formula is C27H47N5OS2. The Balaban J connectivity index is 1.19. The van der Waals surface area contributed by atoms with Gasteiger partial charge in [0.15, 0.2) is 5.96 Å². The summed E-state index contributed by atoms with van der Waals surface area (Å²) in [7, 11) is 0. The average Bonchev–Trinajstić information content (AvgIpc) is 3.39. The molecule has 6 nitrogen and oxygen atoms in total. The molecule has 6 unspecified atom stereocenters. The highest BCUT2D eigenvalue weighted by Crippen LogP contribution is 2.34. The Morgan fingerprint density at radius 1 is 1.20 bits per heavy atom. The summed E-state index contributed by atoms with van der Waals surface area (Å²) in [6, 6.07) is 0.914. The minimum atomic E-state index is 0.109. The van der Waals surface area contributed by atoms with Crippen molar-refractivity contribution in [2.45, 2.75) is 108 Å². The van der Waals surface area contributed by atoms with Gasteiger partial charge in [0.1, 0.15) is 0 Å². The van der Waals surface area contributed by atoms with Crippen molar-refractivity contribution in [1.82, 2.24) is 21.3 Å². The van der Waals surface area contributed by atoms with E-state index in [0.29, 0.717) is 18.6 Å². The smallest absolute Gasteiger partial charge is 0.223 e. The molecule has 0 saturated heterocycles. The Kier molecular flexibility index (Phi) is 11.0. The second-order valence-corrected chi connectivity index (χ2v) is 13.4. The lowest BCUT2D eigenvalue weighted by atomic mass is 9.85. The lowest BCUT2D eigenvalue weighted by Crippen LogP contribution is -2.58. The maximum absolute atomic E-state index is 12.8. The summed E-state index contributed by atoms with van der Waals surface area (Å²) < 4.78 is 0. The predicted molar refractivity (Wildman–Crippen MR) is 152 cm³/mol. The number of unbranched alkanes of at least 4 members (excludes halogenated alkanes) is 1. The second-order valence-electron chi connectivity index (χ2n) is 10.9. The molecule has 198 valence electrons. The van der Waals surface area contributed by atoms with Crippen molar-refractivity contribution in [3.63, 3.8) is 0 Å². The Morgan fingerprint density at radius 3 is 2.94 bits per heavy atom. The van der Waals surface area contributed by atoms with E-state index >= 15 is 0 Å². The number of rotatable bonds is 10. The van der Waals surface area contributed by atoms with Gasteiger partial charge in [0, 0.05) is 53.4 Å². The first-order valence-electron chi connectivity index (χ1n) is 14.2. The van der Waals surface area contributed by atoms with Crippen LogP contribution in [0.4, 0.5) is 0 Å². The number of guanidine groups is 1. The Labute approximate surface area is 221 Å². The van der Waals surface area contributed by atoms with E-state index < -0.39 is 0 Å². The molecule has 0 bridgehead atoms. The van der Waals surface area contributed by atoms with E-state index in [-0.39, 0.29) is 18.0 Å². The highest BCUT2D eigenvalue weighted by atomic mass is 32.2. The van der Waals surface area contributed by atoms with E-state index in [1.807, 2.05) is 11.8 Å². The normalized spacial score (nSPS) is 33.4. The van der Waals surface area contributed by atoms with Gasteiger partial charge >= 0.3 is 0 Å². The molecule has 0 radical (unpaired) electrons. The number of allylic oxidation sites excluding steroid dienone is 1. The van der Waals surface area contributed by atoms with Crippen LogP contribution in [-0.2, 0) is 4.79 Å². The van der Waals surface area contributed by atoms with Crippen LogP contribution in [0.5, 0.6) is 0 Å². The number of carbonyl (C=O) groups excluding carboxylic acids is 1. The molecule has 35 heavy (non-hydrogen) atoms. The van der Waals surface area contributed by atoms with Crippen LogP contribution in [0.25, 0.3) is 0 Å². The Morgan fingerprint density at radius 2 is 2.11 bits per heavy atom.